The van der Waals surface area contributed by atoms with Crippen molar-refractivity contribution >= 4 is 40.6 Å². The molecule has 0 unspecified atom stereocenters. The third-order valence-corrected chi connectivity index (χ3v) is 4.65. The van der Waals surface area contributed by atoms with Crippen LogP contribution in [0.3, 0.4) is 0 Å². The van der Waals surface area contributed by atoms with Gasteiger partial charge in [-0.25, -0.2) is 9.79 Å². The van der Waals surface area contributed by atoms with Crippen LogP contribution in [0.5, 0.6) is 0 Å². The molecule has 1 aromatic carbocycles. The highest BCUT2D eigenvalue weighted by atomic mass is 32.2. The fraction of sp³-hybridized carbons (Fsp3) is 0.105. The van der Waals surface area contributed by atoms with Gasteiger partial charge in [-0.2, -0.15) is 0 Å². The first-order valence-electron chi connectivity index (χ1n) is 7.73. The summed E-state index contributed by atoms with van der Waals surface area (Å²) < 4.78 is 9.87. The van der Waals surface area contributed by atoms with E-state index in [-0.39, 0.29) is 5.91 Å². The van der Waals surface area contributed by atoms with Crippen LogP contribution in [-0.2, 0) is 9.53 Å². The number of benzene rings is 1. The van der Waals surface area contributed by atoms with E-state index in [1.165, 1.54) is 23.8 Å². The van der Waals surface area contributed by atoms with E-state index in [9.17, 15) is 9.59 Å². The van der Waals surface area contributed by atoms with Gasteiger partial charge in [0.1, 0.15) is 5.76 Å². The molecular weight excluding hydrogens is 352 g/mol. The van der Waals surface area contributed by atoms with E-state index >= 15 is 0 Å². The molecule has 1 aromatic heterocycles. The maximum Gasteiger partial charge on any atom is 0.337 e. The molecule has 0 N–H and O–H groups in total. The first kappa shape index (κ1) is 17.8. The molecule has 0 spiro atoms. The van der Waals surface area contributed by atoms with Gasteiger partial charge in [-0.3, -0.25) is 9.69 Å². The predicted octanol–water partition coefficient (Wildman–Crippen LogP) is 3.86. The number of furan rings is 1. The van der Waals surface area contributed by atoms with Gasteiger partial charge in [-0.15, -0.1) is 0 Å². The molecular formula is C19H16N2O4S. The van der Waals surface area contributed by atoms with Gasteiger partial charge in [0.2, 0.25) is 0 Å². The van der Waals surface area contributed by atoms with E-state index in [4.69, 9.17) is 4.42 Å². The lowest BCUT2D eigenvalue weighted by atomic mass is 10.2. The third-order valence-electron chi connectivity index (χ3n) is 3.57. The van der Waals surface area contributed by atoms with E-state index < -0.39 is 5.97 Å². The van der Waals surface area contributed by atoms with Crippen LogP contribution in [0, 0.1) is 0 Å². The van der Waals surface area contributed by atoms with E-state index in [0.717, 1.165) is 0 Å². The Balaban J connectivity index is 1.75. The lowest BCUT2D eigenvalue weighted by molar-refractivity contribution is -0.121. The Bertz CT molecular complexity index is 896. The molecule has 1 aliphatic heterocycles. The molecule has 1 fully saturated rings. The smallest absolute Gasteiger partial charge is 0.337 e. The highest BCUT2D eigenvalue weighted by molar-refractivity contribution is 8.18. The van der Waals surface area contributed by atoms with E-state index in [0.29, 0.717) is 27.1 Å². The van der Waals surface area contributed by atoms with Crippen LogP contribution in [0.2, 0.25) is 0 Å². The SMILES string of the molecule is COC(=O)c1ccc(N=C2S/C(=C\C=C\c3ccco3)C(=O)N2C)cc1. The largest absolute Gasteiger partial charge is 0.465 e. The van der Waals surface area contributed by atoms with Gasteiger partial charge < -0.3 is 9.15 Å². The lowest BCUT2D eigenvalue weighted by Crippen LogP contribution is -2.23. The van der Waals surface area contributed by atoms with Crippen molar-refractivity contribution in [3.63, 3.8) is 0 Å². The van der Waals surface area contributed by atoms with Crippen LogP contribution >= 0.6 is 11.8 Å². The number of likely N-dealkylation sites (N-methyl/N-ethyl adjacent to an activating group) is 1. The highest BCUT2D eigenvalue weighted by Gasteiger charge is 2.29. The summed E-state index contributed by atoms with van der Waals surface area (Å²) >= 11 is 1.29. The number of carbonyl (C=O) groups excluding carboxylic acids is 2. The van der Waals surface area contributed by atoms with Crippen LogP contribution in [0.4, 0.5) is 5.69 Å². The number of nitrogens with zero attached hydrogens (tertiary/aromatic N) is 2. The van der Waals surface area contributed by atoms with Crippen LogP contribution in [0.1, 0.15) is 16.1 Å². The van der Waals surface area contributed by atoms with Gasteiger partial charge >= 0.3 is 5.97 Å². The molecule has 6 nitrogen and oxygen atoms in total. The van der Waals surface area contributed by atoms with Crippen molar-refractivity contribution in [1.29, 1.82) is 0 Å². The third kappa shape index (κ3) is 3.94. The molecule has 26 heavy (non-hydrogen) atoms. The van der Waals surface area contributed by atoms with Crippen molar-refractivity contribution in [3.05, 3.63) is 71.0 Å². The molecule has 0 radical (unpaired) electrons. The number of amidine groups is 1. The summed E-state index contributed by atoms with van der Waals surface area (Å²) in [6.07, 6.45) is 6.86. The highest BCUT2D eigenvalue weighted by Crippen LogP contribution is 2.31. The summed E-state index contributed by atoms with van der Waals surface area (Å²) in [6, 6.07) is 10.3. The van der Waals surface area contributed by atoms with Gasteiger partial charge in [0.15, 0.2) is 5.17 Å². The summed E-state index contributed by atoms with van der Waals surface area (Å²) in [5.74, 6) is 0.189. The second-order valence-corrected chi connectivity index (χ2v) is 6.31. The molecule has 2 aromatic rings. The average Bonchev–Trinajstić information content (AvgIpc) is 3.26. The molecule has 2 heterocycles. The number of methoxy groups -OCH3 is 1. The number of ether oxygens (including phenoxy) is 1. The molecule has 3 rings (SSSR count). The summed E-state index contributed by atoms with van der Waals surface area (Å²) in [7, 11) is 3.01. The second kappa shape index (κ2) is 7.88. The van der Waals surface area contributed by atoms with Crippen molar-refractivity contribution in [2.75, 3.05) is 14.2 Å². The zero-order chi connectivity index (χ0) is 18.5. The van der Waals surface area contributed by atoms with E-state index in [1.54, 1.807) is 61.9 Å². The average molecular weight is 368 g/mol. The Morgan fingerprint density at radius 3 is 2.69 bits per heavy atom. The van der Waals surface area contributed by atoms with Crippen molar-refractivity contribution < 1.29 is 18.7 Å². The minimum absolute atomic E-state index is 0.121. The first-order chi connectivity index (χ1) is 12.6. The van der Waals surface area contributed by atoms with E-state index in [2.05, 4.69) is 9.73 Å². The summed E-state index contributed by atoms with van der Waals surface area (Å²) in [5.41, 5.74) is 1.09. The van der Waals surface area contributed by atoms with Gasteiger partial charge in [0.05, 0.1) is 29.5 Å². The molecule has 0 aliphatic carbocycles. The summed E-state index contributed by atoms with van der Waals surface area (Å²) in [4.78, 5) is 30.3. The van der Waals surface area contributed by atoms with Crippen molar-refractivity contribution in [1.82, 2.24) is 4.90 Å². The summed E-state index contributed by atoms with van der Waals surface area (Å²) in [5, 5.41) is 0.568. The van der Waals surface area contributed by atoms with Gasteiger partial charge in [-0.1, -0.05) is 6.08 Å². The Morgan fingerprint density at radius 2 is 2.04 bits per heavy atom. The molecule has 1 aliphatic rings. The quantitative estimate of drug-likeness (QED) is 0.605. The van der Waals surface area contributed by atoms with Gasteiger partial charge in [0, 0.05) is 7.05 Å². The Morgan fingerprint density at radius 1 is 1.27 bits per heavy atom. The van der Waals surface area contributed by atoms with Gasteiger partial charge in [-0.05, 0) is 60.3 Å². The minimum Gasteiger partial charge on any atom is -0.465 e. The topological polar surface area (TPSA) is 72.1 Å². The number of allylic oxidation sites excluding steroid dienone is 2. The van der Waals surface area contributed by atoms with Crippen molar-refractivity contribution in [3.8, 4) is 0 Å². The zero-order valence-corrected chi connectivity index (χ0v) is 15.0. The molecule has 0 atom stereocenters. The standard InChI is InChI=1S/C19H16N2O4S/c1-21-17(22)16(7-3-5-15-6-4-12-25-15)26-19(21)20-14-10-8-13(9-11-14)18(23)24-2/h3-12H,1-2H3/b5-3+,16-7-,20-19?. The van der Waals surface area contributed by atoms with E-state index in [1.807, 2.05) is 6.07 Å². The maximum absolute atomic E-state index is 12.3. The molecule has 7 heteroatoms. The minimum atomic E-state index is -0.402. The van der Waals surface area contributed by atoms with Crippen LogP contribution in [0.15, 0.2) is 69.1 Å². The fourth-order valence-electron chi connectivity index (χ4n) is 2.18. The first-order valence-corrected chi connectivity index (χ1v) is 8.55. The number of aliphatic imine (C=N–C) groups is 1. The number of hydrogen-bond donors (Lipinski definition) is 0. The zero-order valence-electron chi connectivity index (χ0n) is 14.2. The normalized spacial score (nSPS) is 17.6. The van der Waals surface area contributed by atoms with Crippen LogP contribution in [0.25, 0.3) is 6.08 Å². The predicted molar refractivity (Wildman–Crippen MR) is 101 cm³/mol. The maximum atomic E-state index is 12.3. The molecule has 0 bridgehead atoms. The van der Waals surface area contributed by atoms with Crippen LogP contribution in [-0.4, -0.2) is 36.1 Å². The van der Waals surface area contributed by atoms with Crippen molar-refractivity contribution in [2.45, 2.75) is 0 Å². The number of thioether (sulfide) groups is 1. The van der Waals surface area contributed by atoms with Gasteiger partial charge in [0.25, 0.3) is 5.91 Å². The summed E-state index contributed by atoms with van der Waals surface area (Å²) in [6.45, 7) is 0. The number of amides is 1. The van der Waals surface area contributed by atoms with Crippen LogP contribution < -0.4 is 0 Å². The number of hydrogen-bond acceptors (Lipinski definition) is 6. The molecule has 0 saturated carbocycles. The molecule has 1 saturated heterocycles. The lowest BCUT2D eigenvalue weighted by Gasteiger charge is -2.07. The number of esters is 1. The number of rotatable bonds is 4. The Hall–Kier alpha value is -3.06. The van der Waals surface area contributed by atoms with Crippen molar-refractivity contribution in [2.24, 2.45) is 4.99 Å². The second-order valence-electron chi connectivity index (χ2n) is 5.30. The Labute approximate surface area is 154 Å². The number of carbonyl (C=O) groups is 2. The monoisotopic (exact) mass is 368 g/mol. The molecule has 1 amide bonds. The molecule has 132 valence electrons. The Kier molecular flexibility index (Phi) is 5.38. The fourth-order valence-corrected chi connectivity index (χ4v) is 3.12.